The lowest BCUT2D eigenvalue weighted by Gasteiger charge is -1.95. The van der Waals surface area contributed by atoms with Gasteiger partial charge in [0.25, 0.3) is 0 Å². The second-order valence-corrected chi connectivity index (χ2v) is 2.70. The molecule has 1 aromatic heterocycles. The quantitative estimate of drug-likeness (QED) is 0.709. The van der Waals surface area contributed by atoms with E-state index in [1.54, 1.807) is 0 Å². The normalized spacial score (nSPS) is 9.15. The summed E-state index contributed by atoms with van der Waals surface area (Å²) in [6, 6.07) is 10.3. The highest BCUT2D eigenvalue weighted by Crippen LogP contribution is 2.11. The summed E-state index contributed by atoms with van der Waals surface area (Å²) in [6.07, 6.45) is 1.82. The number of aryl methyl sites for hydroxylation is 1. The maximum Gasteiger partial charge on any atom is 0.0704 e. The summed E-state index contributed by atoms with van der Waals surface area (Å²) in [7, 11) is 0. The van der Waals surface area contributed by atoms with Crippen LogP contribution in [-0.4, -0.2) is 4.98 Å². The Balaban J connectivity index is 0.000000396. The van der Waals surface area contributed by atoms with Crippen LogP contribution >= 0.6 is 28.3 Å². The van der Waals surface area contributed by atoms with E-state index in [1.165, 1.54) is 10.9 Å². The van der Waals surface area contributed by atoms with Gasteiger partial charge in [-0.2, -0.15) is 0 Å². The first kappa shape index (κ1) is 10.7. The van der Waals surface area contributed by atoms with Gasteiger partial charge in [0, 0.05) is 39.8 Å². The molecule has 0 spiro atoms. The van der Waals surface area contributed by atoms with Crippen molar-refractivity contribution >= 4 is 39.2 Å². The van der Waals surface area contributed by atoms with Crippen LogP contribution in [-0.2, 0) is 0 Å². The van der Waals surface area contributed by atoms with Crippen molar-refractivity contribution in [2.75, 3.05) is 0 Å². The van der Waals surface area contributed by atoms with E-state index in [4.69, 9.17) is 0 Å². The predicted molar refractivity (Wildman–Crippen MR) is 64.3 cm³/mol. The molecule has 0 fully saturated rings. The molecule has 1 heterocycles. The van der Waals surface area contributed by atoms with Gasteiger partial charge in [-0.15, -0.1) is 0 Å². The van der Waals surface area contributed by atoms with Crippen LogP contribution in [0.2, 0.25) is 0 Å². The third-order valence-electron chi connectivity index (χ3n) is 1.76. The van der Waals surface area contributed by atoms with Crippen LogP contribution in [0, 0.1) is 6.92 Å². The van der Waals surface area contributed by atoms with Gasteiger partial charge in [0.1, 0.15) is 0 Å². The standard InChI is InChI=1S/C10H9N.Br2/c1-8-4-5-9-3-2-6-11-10(9)7-8;1-2/h2-7H,1H3;. The van der Waals surface area contributed by atoms with E-state index in [1.807, 2.05) is 12.3 Å². The Morgan fingerprint density at radius 2 is 1.92 bits per heavy atom. The minimum atomic E-state index is 1.08. The number of rotatable bonds is 0. The molecule has 2 rings (SSSR count). The van der Waals surface area contributed by atoms with Gasteiger partial charge in [-0.1, -0.05) is 18.2 Å². The molecule has 2 aromatic rings. The van der Waals surface area contributed by atoms with E-state index in [-0.39, 0.29) is 0 Å². The Hall–Kier alpha value is -0.410. The van der Waals surface area contributed by atoms with Gasteiger partial charge in [0.05, 0.1) is 5.52 Å². The van der Waals surface area contributed by atoms with Crippen molar-refractivity contribution in [3.63, 3.8) is 0 Å². The topological polar surface area (TPSA) is 12.9 Å². The summed E-state index contributed by atoms with van der Waals surface area (Å²) in [6.45, 7) is 2.08. The Morgan fingerprint density at radius 3 is 2.69 bits per heavy atom. The molecule has 0 saturated heterocycles. The van der Waals surface area contributed by atoms with Gasteiger partial charge in [-0.05, 0) is 24.6 Å². The van der Waals surface area contributed by atoms with Gasteiger partial charge < -0.3 is 0 Å². The zero-order valence-electron chi connectivity index (χ0n) is 7.17. The molecule has 1 aromatic carbocycles. The van der Waals surface area contributed by atoms with E-state index in [9.17, 15) is 0 Å². The van der Waals surface area contributed by atoms with Crippen LogP contribution in [0.15, 0.2) is 36.5 Å². The second kappa shape index (κ2) is 5.35. The van der Waals surface area contributed by atoms with Gasteiger partial charge in [0.2, 0.25) is 0 Å². The van der Waals surface area contributed by atoms with Crippen LogP contribution in [0.1, 0.15) is 5.56 Å². The molecular formula is C10H9Br2N. The van der Waals surface area contributed by atoms with Gasteiger partial charge in [-0.25, -0.2) is 0 Å². The fraction of sp³-hybridized carbons (Fsp3) is 0.100. The molecule has 0 radical (unpaired) electrons. The summed E-state index contributed by atoms with van der Waals surface area (Å²) < 4.78 is 0. The molecule has 0 aliphatic heterocycles. The summed E-state index contributed by atoms with van der Waals surface area (Å²) in [5, 5.41) is 1.21. The molecule has 0 N–H and O–H groups in total. The van der Waals surface area contributed by atoms with Gasteiger partial charge in [0.15, 0.2) is 0 Å². The molecule has 3 heteroatoms. The monoisotopic (exact) mass is 301 g/mol. The number of hydrogen-bond donors (Lipinski definition) is 0. The van der Waals surface area contributed by atoms with Crippen LogP contribution in [0.4, 0.5) is 0 Å². The van der Waals surface area contributed by atoms with Crippen molar-refractivity contribution in [2.45, 2.75) is 6.92 Å². The largest absolute Gasteiger partial charge is 0.256 e. The lowest BCUT2D eigenvalue weighted by atomic mass is 10.1. The van der Waals surface area contributed by atoms with E-state index < -0.39 is 0 Å². The van der Waals surface area contributed by atoms with E-state index >= 15 is 0 Å². The summed E-state index contributed by atoms with van der Waals surface area (Å²) in [5.41, 5.74) is 2.34. The summed E-state index contributed by atoms with van der Waals surface area (Å²) in [5.74, 6) is 0. The Morgan fingerprint density at radius 1 is 1.15 bits per heavy atom. The highest BCUT2D eigenvalue weighted by Gasteiger charge is 1.90. The maximum atomic E-state index is 4.24. The average molecular weight is 303 g/mol. The fourth-order valence-corrected chi connectivity index (χ4v) is 1.18. The van der Waals surface area contributed by atoms with E-state index in [0.717, 1.165) is 5.52 Å². The molecule has 68 valence electrons. The van der Waals surface area contributed by atoms with Crippen LogP contribution in [0.25, 0.3) is 10.9 Å². The molecular weight excluding hydrogens is 294 g/mol. The molecule has 0 amide bonds. The lowest BCUT2D eigenvalue weighted by molar-refractivity contribution is 1.39. The zero-order chi connectivity index (χ0) is 9.68. The Labute approximate surface area is 93.0 Å². The Bertz CT molecular complexity index is 387. The van der Waals surface area contributed by atoms with Crippen LogP contribution in [0.5, 0.6) is 0 Å². The summed E-state index contributed by atoms with van der Waals surface area (Å²) in [4.78, 5) is 4.24. The van der Waals surface area contributed by atoms with Crippen LogP contribution in [0.3, 0.4) is 0 Å². The maximum absolute atomic E-state index is 4.24. The molecule has 0 aliphatic rings. The first-order valence-electron chi connectivity index (χ1n) is 3.82. The number of hydrogen-bond acceptors (Lipinski definition) is 1. The van der Waals surface area contributed by atoms with Crippen molar-refractivity contribution < 1.29 is 0 Å². The molecule has 13 heavy (non-hydrogen) atoms. The average Bonchev–Trinajstić information content (AvgIpc) is 2.21. The molecule has 0 bridgehead atoms. The molecule has 0 atom stereocenters. The minimum absolute atomic E-state index is 1.08. The highest BCUT2D eigenvalue weighted by molar-refractivity contribution is 9.93. The van der Waals surface area contributed by atoms with E-state index in [0.29, 0.717) is 0 Å². The first-order chi connectivity index (χ1) is 6.36. The van der Waals surface area contributed by atoms with E-state index in [2.05, 4.69) is 64.4 Å². The van der Waals surface area contributed by atoms with Crippen LogP contribution < -0.4 is 0 Å². The molecule has 1 nitrogen and oxygen atoms in total. The predicted octanol–water partition coefficient (Wildman–Crippen LogP) is 4.23. The first-order valence-corrected chi connectivity index (χ1v) is 7.53. The fourth-order valence-electron chi connectivity index (χ4n) is 1.18. The van der Waals surface area contributed by atoms with Crippen molar-refractivity contribution in [1.29, 1.82) is 0 Å². The van der Waals surface area contributed by atoms with Gasteiger partial charge in [-0.3, -0.25) is 4.98 Å². The number of pyridine rings is 1. The number of benzene rings is 1. The number of aromatic nitrogens is 1. The summed E-state index contributed by atoms with van der Waals surface area (Å²) >= 11 is 5.50. The molecule has 0 saturated carbocycles. The zero-order valence-corrected chi connectivity index (χ0v) is 10.3. The second-order valence-electron chi connectivity index (χ2n) is 2.70. The number of fused-ring (bicyclic) bond motifs is 1. The number of nitrogens with zero attached hydrogens (tertiary/aromatic N) is 1. The van der Waals surface area contributed by atoms with Crippen molar-refractivity contribution in [2.24, 2.45) is 0 Å². The smallest absolute Gasteiger partial charge is 0.0704 e. The number of halogens is 2. The SMILES string of the molecule is BrBr.Cc1ccc2cccnc2c1. The molecule has 0 unspecified atom stereocenters. The van der Waals surface area contributed by atoms with Gasteiger partial charge >= 0.3 is 0 Å². The van der Waals surface area contributed by atoms with Crippen molar-refractivity contribution in [3.8, 4) is 0 Å². The third kappa shape index (κ3) is 2.78. The van der Waals surface area contributed by atoms with Crippen molar-refractivity contribution in [3.05, 3.63) is 42.1 Å². The lowest BCUT2D eigenvalue weighted by Crippen LogP contribution is -1.77. The van der Waals surface area contributed by atoms with Crippen molar-refractivity contribution in [1.82, 2.24) is 4.98 Å². The molecule has 0 aliphatic carbocycles. The minimum Gasteiger partial charge on any atom is -0.256 e. The Kier molecular flexibility index (Phi) is 4.39. The highest BCUT2D eigenvalue weighted by atomic mass is 80.9. The third-order valence-corrected chi connectivity index (χ3v) is 1.76.